The van der Waals surface area contributed by atoms with Crippen LogP contribution in [0.1, 0.15) is 20.3 Å². The monoisotopic (exact) mass is 189 g/mol. The molecule has 0 saturated heterocycles. The number of hydrogen-bond acceptors (Lipinski definition) is 4. The summed E-state index contributed by atoms with van der Waals surface area (Å²) in [5.41, 5.74) is 5.23. The van der Waals surface area contributed by atoms with E-state index in [2.05, 4.69) is 15.2 Å². The van der Waals surface area contributed by atoms with Crippen LogP contribution in [0.5, 0.6) is 0 Å². The van der Waals surface area contributed by atoms with Crippen LogP contribution >= 0.6 is 0 Å². The molecule has 1 amide bonds. The summed E-state index contributed by atoms with van der Waals surface area (Å²) in [6.45, 7) is 3.77. The number of amides is 1. The van der Waals surface area contributed by atoms with Crippen molar-refractivity contribution < 1.29 is 14.7 Å². The van der Waals surface area contributed by atoms with E-state index >= 15 is 0 Å². The summed E-state index contributed by atoms with van der Waals surface area (Å²) in [4.78, 5) is 10.8. The number of nitrogens with one attached hydrogen (secondary N) is 1. The van der Waals surface area contributed by atoms with Crippen LogP contribution in [-0.4, -0.2) is 29.8 Å². The van der Waals surface area contributed by atoms with Crippen molar-refractivity contribution in [2.24, 2.45) is 10.9 Å². The predicted molar refractivity (Wildman–Crippen MR) is 47.6 cm³/mol. The first-order valence-corrected chi connectivity index (χ1v) is 3.99. The van der Waals surface area contributed by atoms with Crippen molar-refractivity contribution in [3.8, 4) is 0 Å². The Balaban J connectivity index is 3.73. The standard InChI is InChI=1S/C7H15N3O3/c1-3-13-7(11)9-5(2)4-6(8)10-12/h5,12H,3-4H2,1-2H3,(H2,8,10)(H,9,11). The Bertz CT molecular complexity index is 193. The lowest BCUT2D eigenvalue weighted by Gasteiger charge is -2.11. The molecule has 0 aromatic heterocycles. The first-order valence-electron chi connectivity index (χ1n) is 3.99. The Hall–Kier alpha value is -1.46. The molecule has 0 aromatic carbocycles. The summed E-state index contributed by atoms with van der Waals surface area (Å²) < 4.78 is 4.63. The molecule has 0 radical (unpaired) electrons. The number of nitrogens with two attached hydrogens (primary N) is 1. The molecule has 0 bridgehead atoms. The molecule has 0 aliphatic carbocycles. The highest BCUT2D eigenvalue weighted by molar-refractivity contribution is 5.80. The lowest BCUT2D eigenvalue weighted by molar-refractivity contribution is 0.149. The minimum Gasteiger partial charge on any atom is -0.450 e. The highest BCUT2D eigenvalue weighted by Gasteiger charge is 2.08. The van der Waals surface area contributed by atoms with Gasteiger partial charge in [0, 0.05) is 12.5 Å². The molecular formula is C7H15N3O3. The van der Waals surface area contributed by atoms with Crippen molar-refractivity contribution >= 4 is 11.9 Å². The van der Waals surface area contributed by atoms with Gasteiger partial charge in [0.25, 0.3) is 0 Å². The molecule has 0 spiro atoms. The van der Waals surface area contributed by atoms with E-state index < -0.39 is 6.09 Å². The molecule has 76 valence electrons. The number of alkyl carbamates (subject to hydrolysis) is 1. The van der Waals surface area contributed by atoms with Crippen LogP contribution in [0, 0.1) is 0 Å². The van der Waals surface area contributed by atoms with Gasteiger partial charge in [0.1, 0.15) is 5.84 Å². The van der Waals surface area contributed by atoms with E-state index in [1.54, 1.807) is 13.8 Å². The third-order valence-corrected chi connectivity index (χ3v) is 1.28. The number of carbonyl (C=O) groups is 1. The molecule has 6 heteroatoms. The van der Waals surface area contributed by atoms with Crippen LogP contribution in [0.15, 0.2) is 5.16 Å². The topological polar surface area (TPSA) is 96.9 Å². The molecule has 4 N–H and O–H groups in total. The van der Waals surface area contributed by atoms with Gasteiger partial charge in [0.15, 0.2) is 0 Å². The Kier molecular flexibility index (Phi) is 5.42. The quantitative estimate of drug-likeness (QED) is 0.256. The Labute approximate surface area is 76.7 Å². The zero-order valence-electron chi connectivity index (χ0n) is 7.78. The van der Waals surface area contributed by atoms with E-state index in [-0.39, 0.29) is 18.3 Å². The van der Waals surface area contributed by atoms with Crippen molar-refractivity contribution in [2.45, 2.75) is 26.3 Å². The van der Waals surface area contributed by atoms with Gasteiger partial charge in [-0.2, -0.15) is 0 Å². The molecule has 0 aliphatic heterocycles. The molecule has 1 atom stereocenters. The normalized spacial score (nSPS) is 13.5. The van der Waals surface area contributed by atoms with Crippen molar-refractivity contribution in [1.29, 1.82) is 0 Å². The highest BCUT2D eigenvalue weighted by Crippen LogP contribution is 1.91. The fourth-order valence-corrected chi connectivity index (χ4v) is 0.780. The fraction of sp³-hybridized carbons (Fsp3) is 0.714. The van der Waals surface area contributed by atoms with Crippen LogP contribution in [0.3, 0.4) is 0 Å². The maximum atomic E-state index is 10.8. The Morgan fingerprint density at radius 3 is 2.85 bits per heavy atom. The molecule has 0 saturated carbocycles. The van der Waals surface area contributed by atoms with Gasteiger partial charge in [0.2, 0.25) is 0 Å². The third kappa shape index (κ3) is 5.77. The van der Waals surface area contributed by atoms with Crippen LogP contribution in [0.2, 0.25) is 0 Å². The first kappa shape index (κ1) is 11.5. The SMILES string of the molecule is CCOC(=O)NC(C)CC(N)=NO. The van der Waals surface area contributed by atoms with E-state index in [0.717, 1.165) is 0 Å². The minimum atomic E-state index is -0.499. The summed E-state index contributed by atoms with van der Waals surface area (Å²) in [5.74, 6) is 0.0734. The molecular weight excluding hydrogens is 174 g/mol. The Morgan fingerprint density at radius 2 is 2.38 bits per heavy atom. The van der Waals surface area contributed by atoms with Crippen LogP contribution in [-0.2, 0) is 4.74 Å². The van der Waals surface area contributed by atoms with E-state index in [0.29, 0.717) is 6.61 Å². The predicted octanol–water partition coefficient (Wildman–Crippen LogP) is 0.258. The van der Waals surface area contributed by atoms with E-state index in [1.165, 1.54) is 0 Å². The molecule has 0 aliphatic rings. The number of hydrogen-bond donors (Lipinski definition) is 3. The van der Waals surface area contributed by atoms with Gasteiger partial charge in [-0.15, -0.1) is 0 Å². The van der Waals surface area contributed by atoms with Gasteiger partial charge in [0.05, 0.1) is 6.61 Å². The van der Waals surface area contributed by atoms with Gasteiger partial charge in [-0.25, -0.2) is 4.79 Å². The smallest absolute Gasteiger partial charge is 0.407 e. The van der Waals surface area contributed by atoms with E-state index in [9.17, 15) is 4.79 Å². The number of carbonyl (C=O) groups excluding carboxylic acids is 1. The summed E-state index contributed by atoms with van der Waals surface area (Å²) in [6, 6.07) is -0.213. The minimum absolute atomic E-state index is 0.0734. The zero-order valence-corrected chi connectivity index (χ0v) is 7.78. The fourth-order valence-electron chi connectivity index (χ4n) is 0.780. The summed E-state index contributed by atoms with van der Waals surface area (Å²) >= 11 is 0. The number of ether oxygens (including phenoxy) is 1. The second-order valence-electron chi connectivity index (χ2n) is 2.56. The average Bonchev–Trinajstić information content (AvgIpc) is 2.04. The van der Waals surface area contributed by atoms with Crippen molar-refractivity contribution in [1.82, 2.24) is 5.32 Å². The molecule has 13 heavy (non-hydrogen) atoms. The van der Waals surface area contributed by atoms with Crippen molar-refractivity contribution in [3.05, 3.63) is 0 Å². The Morgan fingerprint density at radius 1 is 1.77 bits per heavy atom. The van der Waals surface area contributed by atoms with Crippen molar-refractivity contribution in [3.63, 3.8) is 0 Å². The van der Waals surface area contributed by atoms with Crippen LogP contribution in [0.25, 0.3) is 0 Å². The van der Waals surface area contributed by atoms with Crippen LogP contribution in [0.4, 0.5) is 4.79 Å². The van der Waals surface area contributed by atoms with Gasteiger partial charge >= 0.3 is 6.09 Å². The third-order valence-electron chi connectivity index (χ3n) is 1.28. The molecule has 0 fully saturated rings. The maximum absolute atomic E-state index is 10.8. The lowest BCUT2D eigenvalue weighted by atomic mass is 10.2. The zero-order chi connectivity index (χ0) is 10.3. The molecule has 0 heterocycles. The molecule has 6 nitrogen and oxygen atoms in total. The van der Waals surface area contributed by atoms with E-state index in [4.69, 9.17) is 10.9 Å². The number of nitrogens with zero attached hydrogens (tertiary/aromatic N) is 1. The van der Waals surface area contributed by atoms with Gasteiger partial charge < -0.3 is 21.0 Å². The molecule has 0 rings (SSSR count). The number of amidine groups is 1. The first-order chi connectivity index (χ1) is 6.10. The lowest BCUT2D eigenvalue weighted by Crippen LogP contribution is -2.36. The van der Waals surface area contributed by atoms with Crippen LogP contribution < -0.4 is 11.1 Å². The average molecular weight is 189 g/mol. The number of rotatable bonds is 4. The second-order valence-corrected chi connectivity index (χ2v) is 2.56. The van der Waals surface area contributed by atoms with Gasteiger partial charge in [-0.3, -0.25) is 0 Å². The molecule has 0 aromatic rings. The van der Waals surface area contributed by atoms with Gasteiger partial charge in [-0.05, 0) is 13.8 Å². The van der Waals surface area contributed by atoms with Gasteiger partial charge in [-0.1, -0.05) is 5.16 Å². The van der Waals surface area contributed by atoms with E-state index in [1.807, 2.05) is 0 Å². The molecule has 1 unspecified atom stereocenters. The summed E-state index contributed by atoms with van der Waals surface area (Å²) in [6.07, 6.45) is -0.212. The largest absolute Gasteiger partial charge is 0.450 e. The summed E-state index contributed by atoms with van der Waals surface area (Å²) in [7, 11) is 0. The van der Waals surface area contributed by atoms with Crippen molar-refractivity contribution in [2.75, 3.05) is 6.61 Å². The number of oxime groups is 1. The second kappa shape index (κ2) is 6.10. The maximum Gasteiger partial charge on any atom is 0.407 e. The highest BCUT2D eigenvalue weighted by atomic mass is 16.5. The summed E-state index contributed by atoms with van der Waals surface area (Å²) in [5, 5.41) is 13.5.